The second-order valence-corrected chi connectivity index (χ2v) is 9.87. The Morgan fingerprint density at radius 3 is 2.03 bits per heavy atom. The highest BCUT2D eigenvalue weighted by molar-refractivity contribution is 7.89. The largest absolute Gasteiger partial charge is 0.452 e. The Labute approximate surface area is 210 Å². The third-order valence-corrected chi connectivity index (χ3v) is 7.74. The number of carbonyl (C=O) groups excluding carboxylic acids is 3. The molecule has 0 unspecified atom stereocenters. The van der Waals surface area contributed by atoms with Crippen molar-refractivity contribution in [3.05, 3.63) is 95.1 Å². The standard InChI is InChI=1S/C27H28N2O6S/c1-4-29(5-2)36(33,34)24-17-23(16-11-19(24)3)28-25(30)18-35-27(32)22-14-12-21(13-15-22)26(31)20-9-7-6-8-10-20/h6-17H,4-5,18H2,1-3H3,(H,28,30). The van der Waals surface area contributed by atoms with Crippen LogP contribution in [0.2, 0.25) is 0 Å². The highest BCUT2D eigenvalue weighted by Crippen LogP contribution is 2.23. The van der Waals surface area contributed by atoms with Crippen molar-refractivity contribution >= 4 is 33.4 Å². The van der Waals surface area contributed by atoms with Crippen molar-refractivity contribution in [1.29, 1.82) is 0 Å². The van der Waals surface area contributed by atoms with E-state index in [9.17, 15) is 22.8 Å². The molecule has 3 aromatic carbocycles. The summed E-state index contributed by atoms with van der Waals surface area (Å²) in [5.41, 5.74) is 1.98. The van der Waals surface area contributed by atoms with Crippen molar-refractivity contribution < 1.29 is 27.5 Å². The summed E-state index contributed by atoms with van der Waals surface area (Å²) < 4.78 is 32.2. The Bertz CT molecular complexity index is 1350. The van der Waals surface area contributed by atoms with Gasteiger partial charge in [0, 0.05) is 29.9 Å². The van der Waals surface area contributed by atoms with Gasteiger partial charge in [-0.2, -0.15) is 4.31 Å². The number of nitrogens with zero attached hydrogens (tertiary/aromatic N) is 1. The van der Waals surface area contributed by atoms with Gasteiger partial charge in [-0.15, -0.1) is 0 Å². The first-order valence-corrected chi connectivity index (χ1v) is 12.9. The number of ketones is 1. The zero-order chi connectivity index (χ0) is 26.3. The van der Waals surface area contributed by atoms with Gasteiger partial charge in [-0.3, -0.25) is 9.59 Å². The van der Waals surface area contributed by atoms with E-state index in [0.29, 0.717) is 29.8 Å². The lowest BCUT2D eigenvalue weighted by molar-refractivity contribution is -0.119. The topological polar surface area (TPSA) is 110 Å². The van der Waals surface area contributed by atoms with E-state index in [1.54, 1.807) is 57.2 Å². The summed E-state index contributed by atoms with van der Waals surface area (Å²) in [6.07, 6.45) is 0. The minimum absolute atomic E-state index is 0.103. The molecule has 0 spiro atoms. The van der Waals surface area contributed by atoms with Gasteiger partial charge in [0.15, 0.2) is 12.4 Å². The van der Waals surface area contributed by atoms with Crippen LogP contribution in [0.25, 0.3) is 0 Å². The fourth-order valence-corrected chi connectivity index (χ4v) is 5.29. The van der Waals surface area contributed by atoms with E-state index in [0.717, 1.165) is 0 Å². The normalized spacial score (nSPS) is 11.2. The van der Waals surface area contributed by atoms with E-state index in [1.165, 1.54) is 34.6 Å². The monoisotopic (exact) mass is 508 g/mol. The van der Waals surface area contributed by atoms with E-state index in [-0.39, 0.29) is 21.9 Å². The average molecular weight is 509 g/mol. The van der Waals surface area contributed by atoms with Gasteiger partial charge >= 0.3 is 5.97 Å². The number of esters is 1. The number of ether oxygens (including phenoxy) is 1. The molecule has 36 heavy (non-hydrogen) atoms. The van der Waals surface area contributed by atoms with Gasteiger partial charge in [0.1, 0.15) is 0 Å². The van der Waals surface area contributed by atoms with Crippen LogP contribution in [0.4, 0.5) is 5.69 Å². The van der Waals surface area contributed by atoms with Crippen molar-refractivity contribution in [2.45, 2.75) is 25.7 Å². The van der Waals surface area contributed by atoms with Crippen LogP contribution in [0.15, 0.2) is 77.7 Å². The first kappa shape index (κ1) is 26.8. The molecule has 0 atom stereocenters. The van der Waals surface area contributed by atoms with Crippen molar-refractivity contribution in [1.82, 2.24) is 4.31 Å². The number of amides is 1. The number of hydrogen-bond donors (Lipinski definition) is 1. The molecule has 9 heteroatoms. The number of benzene rings is 3. The molecule has 0 aliphatic heterocycles. The maximum absolute atomic E-state index is 12.9. The molecule has 0 aliphatic rings. The van der Waals surface area contributed by atoms with Crippen LogP contribution in [-0.4, -0.2) is 50.1 Å². The first-order valence-electron chi connectivity index (χ1n) is 11.4. The lowest BCUT2D eigenvalue weighted by Gasteiger charge is -2.20. The predicted octanol–water partition coefficient (Wildman–Crippen LogP) is 4.05. The van der Waals surface area contributed by atoms with Gasteiger partial charge in [-0.05, 0) is 36.8 Å². The second-order valence-electron chi connectivity index (χ2n) is 7.97. The number of nitrogens with one attached hydrogen (secondary N) is 1. The van der Waals surface area contributed by atoms with Crippen LogP contribution in [-0.2, 0) is 19.6 Å². The molecular formula is C27H28N2O6S. The lowest BCUT2D eigenvalue weighted by Crippen LogP contribution is -2.31. The molecule has 1 amide bonds. The summed E-state index contributed by atoms with van der Waals surface area (Å²) in [5, 5.41) is 2.56. The van der Waals surface area contributed by atoms with Crippen LogP contribution in [0.1, 0.15) is 45.7 Å². The minimum Gasteiger partial charge on any atom is -0.452 e. The van der Waals surface area contributed by atoms with Gasteiger partial charge in [0.25, 0.3) is 5.91 Å². The maximum Gasteiger partial charge on any atom is 0.338 e. The van der Waals surface area contributed by atoms with Gasteiger partial charge in [-0.1, -0.05) is 62.4 Å². The molecule has 1 N–H and O–H groups in total. The summed E-state index contributed by atoms with van der Waals surface area (Å²) in [6.45, 7) is 5.28. The van der Waals surface area contributed by atoms with Gasteiger partial charge in [-0.25, -0.2) is 13.2 Å². The van der Waals surface area contributed by atoms with Crippen molar-refractivity contribution in [2.24, 2.45) is 0 Å². The molecule has 8 nitrogen and oxygen atoms in total. The summed E-state index contributed by atoms with van der Waals surface area (Å²) in [4.78, 5) is 37.3. The fraction of sp³-hybridized carbons (Fsp3) is 0.222. The summed E-state index contributed by atoms with van der Waals surface area (Å²) in [6, 6.07) is 19.3. The molecule has 0 saturated heterocycles. The van der Waals surface area contributed by atoms with E-state index >= 15 is 0 Å². The molecule has 0 bridgehead atoms. The Hall–Kier alpha value is -3.82. The quantitative estimate of drug-likeness (QED) is 0.327. The van der Waals surface area contributed by atoms with Crippen LogP contribution in [0.3, 0.4) is 0 Å². The van der Waals surface area contributed by atoms with Gasteiger partial charge in [0.2, 0.25) is 10.0 Å². The zero-order valence-electron chi connectivity index (χ0n) is 20.4. The number of sulfonamides is 1. The summed E-state index contributed by atoms with van der Waals surface area (Å²) in [5.74, 6) is -1.51. The van der Waals surface area contributed by atoms with Crippen molar-refractivity contribution in [3.63, 3.8) is 0 Å². The number of rotatable bonds is 10. The van der Waals surface area contributed by atoms with E-state index < -0.39 is 28.5 Å². The maximum atomic E-state index is 12.9. The van der Waals surface area contributed by atoms with E-state index in [2.05, 4.69) is 5.32 Å². The van der Waals surface area contributed by atoms with Crippen LogP contribution < -0.4 is 5.32 Å². The number of anilines is 1. The van der Waals surface area contributed by atoms with Crippen LogP contribution >= 0.6 is 0 Å². The molecule has 0 radical (unpaired) electrons. The number of aryl methyl sites for hydroxylation is 1. The molecule has 0 aromatic heterocycles. The van der Waals surface area contributed by atoms with Crippen molar-refractivity contribution in [3.8, 4) is 0 Å². The highest BCUT2D eigenvalue weighted by atomic mass is 32.2. The first-order chi connectivity index (χ1) is 17.2. The number of hydrogen-bond acceptors (Lipinski definition) is 6. The van der Waals surface area contributed by atoms with Gasteiger partial charge < -0.3 is 10.1 Å². The minimum atomic E-state index is -3.71. The van der Waals surface area contributed by atoms with Gasteiger partial charge in [0.05, 0.1) is 10.5 Å². The summed E-state index contributed by atoms with van der Waals surface area (Å²) in [7, 11) is -3.71. The smallest absolute Gasteiger partial charge is 0.338 e. The van der Waals surface area contributed by atoms with Crippen molar-refractivity contribution in [2.75, 3.05) is 25.0 Å². The second kappa shape index (κ2) is 11.7. The third kappa shape index (κ3) is 6.24. The lowest BCUT2D eigenvalue weighted by atomic mass is 10.0. The molecule has 3 aromatic rings. The van der Waals surface area contributed by atoms with Crippen LogP contribution in [0, 0.1) is 6.92 Å². The molecule has 188 valence electrons. The molecule has 0 aliphatic carbocycles. The average Bonchev–Trinajstić information content (AvgIpc) is 2.89. The molecular weight excluding hydrogens is 480 g/mol. The Kier molecular flexibility index (Phi) is 8.73. The SMILES string of the molecule is CCN(CC)S(=O)(=O)c1cc(NC(=O)COC(=O)c2ccc(C(=O)c3ccccc3)cc2)ccc1C. The third-order valence-electron chi connectivity index (χ3n) is 5.55. The highest BCUT2D eigenvalue weighted by Gasteiger charge is 2.24. The molecule has 3 rings (SSSR count). The predicted molar refractivity (Wildman–Crippen MR) is 137 cm³/mol. The molecule has 0 fully saturated rings. The Balaban J connectivity index is 1.61. The van der Waals surface area contributed by atoms with E-state index in [4.69, 9.17) is 4.74 Å². The van der Waals surface area contributed by atoms with E-state index in [1.807, 2.05) is 6.07 Å². The zero-order valence-corrected chi connectivity index (χ0v) is 21.2. The summed E-state index contributed by atoms with van der Waals surface area (Å²) >= 11 is 0. The number of carbonyl (C=O) groups is 3. The van der Waals surface area contributed by atoms with Crippen LogP contribution in [0.5, 0.6) is 0 Å². The Morgan fingerprint density at radius 1 is 0.833 bits per heavy atom. The molecule has 0 saturated carbocycles. The fourth-order valence-electron chi connectivity index (χ4n) is 3.58. The molecule has 0 heterocycles. The Morgan fingerprint density at radius 2 is 1.42 bits per heavy atom.